The van der Waals surface area contributed by atoms with E-state index in [1.54, 1.807) is 0 Å². The van der Waals surface area contributed by atoms with Gasteiger partial charge in [-0.1, -0.05) is 32.1 Å². The van der Waals surface area contributed by atoms with Crippen LogP contribution in [0.2, 0.25) is 0 Å². The lowest BCUT2D eigenvalue weighted by Crippen LogP contribution is -2.31. The molecule has 0 unspecified atom stereocenters. The smallest absolute Gasteiger partial charge is 0.326 e. The molecule has 6 nitrogen and oxygen atoms in total. The molecule has 0 radical (unpaired) electrons. The molecular weight excluding hydrogens is 359 g/mol. The number of aromatic hydroxyl groups is 1. The first-order chi connectivity index (χ1) is 12.3. The van der Waals surface area contributed by atoms with E-state index in [2.05, 4.69) is 0 Å². The third-order valence-electron chi connectivity index (χ3n) is 5.72. The van der Waals surface area contributed by atoms with Crippen molar-refractivity contribution in [2.45, 2.75) is 51.4 Å². The zero-order valence-electron chi connectivity index (χ0n) is 14.5. The highest BCUT2D eigenvalue weighted by Gasteiger charge is 2.39. The number of rotatable bonds is 5. The Hall–Kier alpha value is -1.83. The fourth-order valence-electron chi connectivity index (χ4n) is 4.14. The second-order valence-electron chi connectivity index (χ2n) is 7.72. The number of phenolic OH excluding ortho intramolecular Hbond substituents is 1. The van der Waals surface area contributed by atoms with Crippen LogP contribution in [-0.2, 0) is 27.8 Å². The molecule has 2 N–H and O–H groups in total. The van der Waals surface area contributed by atoms with Crippen molar-refractivity contribution in [2.24, 2.45) is 11.8 Å². The normalized spacial score (nSPS) is 24.4. The summed E-state index contributed by atoms with van der Waals surface area (Å²) in [5.74, 6) is -0.625. The Balaban J connectivity index is 1.59. The summed E-state index contributed by atoms with van der Waals surface area (Å²) in [5, 5.41) is 10.2. The Kier molecular flexibility index (Phi) is 4.33. The third-order valence-corrected chi connectivity index (χ3v) is 7.10. The summed E-state index contributed by atoms with van der Waals surface area (Å²) in [6.07, 6.45) is 8.30. The van der Waals surface area contributed by atoms with E-state index in [1.165, 1.54) is 25.3 Å². The van der Waals surface area contributed by atoms with Crippen molar-refractivity contribution in [2.75, 3.05) is 10.8 Å². The number of carbonyl (C=O) groups is 1. The van der Waals surface area contributed by atoms with Gasteiger partial charge in [-0.2, -0.15) is 8.42 Å². The monoisotopic (exact) mass is 382 g/mol. The van der Waals surface area contributed by atoms with Gasteiger partial charge in [0.2, 0.25) is 0 Å². The topological polar surface area (TPSA) is 86.7 Å². The molecule has 26 heavy (non-hydrogen) atoms. The van der Waals surface area contributed by atoms with E-state index >= 15 is 4.39 Å². The van der Waals surface area contributed by atoms with Crippen LogP contribution in [0, 0.1) is 17.7 Å². The van der Waals surface area contributed by atoms with Gasteiger partial charge in [0.25, 0.3) is 5.91 Å². The minimum atomic E-state index is -4.16. The Labute approximate surface area is 152 Å². The van der Waals surface area contributed by atoms with Crippen LogP contribution in [0.1, 0.15) is 49.7 Å². The standard InChI is InChI=1S/C18H23FN2O4S/c19-17-14-8-12(3-1-2-11-4-5-11)6-7-13(14)9-15(22)18(17)21-10-16(23)20-26(21,24)25/h9,11-12,22H,1-8,10H2,(H,20,23)/t12-/m1/s1. The minimum Gasteiger partial charge on any atom is -0.506 e. The third kappa shape index (κ3) is 3.26. The Morgan fingerprint density at radius 3 is 2.62 bits per heavy atom. The summed E-state index contributed by atoms with van der Waals surface area (Å²) in [6.45, 7) is -0.517. The molecule has 1 saturated carbocycles. The number of nitrogens with one attached hydrogen (secondary N) is 1. The SMILES string of the molecule is O=C1CN(c2c(O)cc3c(c2F)C[C@H](CCCC2CC2)CC3)S(=O)(=O)N1. The largest absolute Gasteiger partial charge is 0.506 e. The summed E-state index contributed by atoms with van der Waals surface area (Å²) < 4.78 is 41.7. The van der Waals surface area contributed by atoms with Crippen molar-refractivity contribution in [3.8, 4) is 5.75 Å². The van der Waals surface area contributed by atoms with Gasteiger partial charge in [0.1, 0.15) is 18.0 Å². The van der Waals surface area contributed by atoms with Crippen molar-refractivity contribution in [3.05, 3.63) is 23.0 Å². The summed E-state index contributed by atoms with van der Waals surface area (Å²) in [5.41, 5.74) is 0.800. The first-order valence-corrected chi connectivity index (χ1v) is 10.7. The molecule has 1 amide bonds. The molecule has 142 valence electrons. The van der Waals surface area contributed by atoms with Crippen LogP contribution in [0.15, 0.2) is 6.07 Å². The number of benzene rings is 1. The van der Waals surface area contributed by atoms with Crippen molar-refractivity contribution in [1.82, 2.24) is 4.72 Å². The van der Waals surface area contributed by atoms with Gasteiger partial charge < -0.3 is 5.11 Å². The van der Waals surface area contributed by atoms with Crippen LogP contribution in [0.25, 0.3) is 0 Å². The van der Waals surface area contributed by atoms with Gasteiger partial charge in [-0.3, -0.25) is 4.79 Å². The molecule has 2 fully saturated rings. The molecular formula is C18H23FN2O4S. The van der Waals surface area contributed by atoms with Crippen molar-refractivity contribution in [3.63, 3.8) is 0 Å². The van der Waals surface area contributed by atoms with Gasteiger partial charge in [0.15, 0.2) is 5.82 Å². The molecule has 4 rings (SSSR count). The summed E-state index contributed by atoms with van der Waals surface area (Å²) >= 11 is 0. The van der Waals surface area contributed by atoms with Crippen LogP contribution >= 0.6 is 0 Å². The van der Waals surface area contributed by atoms with E-state index in [-0.39, 0.29) is 0 Å². The molecule has 2 aliphatic carbocycles. The molecule has 1 aromatic rings. The molecule has 1 atom stereocenters. The molecule has 0 aromatic heterocycles. The molecule has 1 aromatic carbocycles. The van der Waals surface area contributed by atoms with Crippen LogP contribution < -0.4 is 9.03 Å². The summed E-state index contributed by atoms with van der Waals surface area (Å²) in [6, 6.07) is 1.45. The summed E-state index contributed by atoms with van der Waals surface area (Å²) in [7, 11) is -4.16. The fourth-order valence-corrected chi connectivity index (χ4v) is 5.31. The second kappa shape index (κ2) is 6.40. The first-order valence-electron chi connectivity index (χ1n) is 9.21. The van der Waals surface area contributed by atoms with E-state index in [9.17, 15) is 18.3 Å². The zero-order valence-corrected chi connectivity index (χ0v) is 15.3. The Morgan fingerprint density at radius 1 is 1.23 bits per heavy atom. The number of anilines is 1. The molecule has 1 saturated heterocycles. The summed E-state index contributed by atoms with van der Waals surface area (Å²) in [4.78, 5) is 11.4. The number of aryl methyl sites for hydroxylation is 1. The molecule has 1 aliphatic heterocycles. The molecule has 8 heteroatoms. The van der Waals surface area contributed by atoms with Gasteiger partial charge in [0.05, 0.1) is 0 Å². The van der Waals surface area contributed by atoms with E-state index in [0.717, 1.165) is 30.7 Å². The van der Waals surface area contributed by atoms with Crippen LogP contribution in [0.5, 0.6) is 5.75 Å². The van der Waals surface area contributed by atoms with E-state index in [0.29, 0.717) is 28.6 Å². The molecule has 3 aliphatic rings. The number of fused-ring (bicyclic) bond motifs is 1. The Morgan fingerprint density at radius 2 is 1.96 bits per heavy atom. The molecule has 0 spiro atoms. The van der Waals surface area contributed by atoms with Gasteiger partial charge in [-0.25, -0.2) is 13.4 Å². The van der Waals surface area contributed by atoms with Gasteiger partial charge in [0, 0.05) is 0 Å². The highest BCUT2D eigenvalue weighted by atomic mass is 32.2. The minimum absolute atomic E-state index is 0.378. The lowest BCUT2D eigenvalue weighted by atomic mass is 9.80. The van der Waals surface area contributed by atoms with E-state index < -0.39 is 39.9 Å². The number of carbonyl (C=O) groups excluding carboxylic acids is 1. The van der Waals surface area contributed by atoms with Gasteiger partial charge in [-0.05, 0) is 48.3 Å². The number of phenols is 1. The highest BCUT2D eigenvalue weighted by Crippen LogP contribution is 2.42. The van der Waals surface area contributed by atoms with Crippen molar-refractivity contribution in [1.29, 1.82) is 0 Å². The van der Waals surface area contributed by atoms with E-state index in [1.807, 2.05) is 4.72 Å². The lowest BCUT2D eigenvalue weighted by Gasteiger charge is -2.27. The average Bonchev–Trinajstić information content (AvgIpc) is 3.33. The predicted molar refractivity (Wildman–Crippen MR) is 94.6 cm³/mol. The maximum atomic E-state index is 15.2. The van der Waals surface area contributed by atoms with E-state index in [4.69, 9.17) is 0 Å². The maximum Gasteiger partial charge on any atom is 0.326 e. The number of nitrogens with zero attached hydrogens (tertiary/aromatic N) is 1. The Bertz CT molecular complexity index is 851. The second-order valence-corrected chi connectivity index (χ2v) is 9.31. The quantitative estimate of drug-likeness (QED) is 0.819. The number of amides is 1. The van der Waals surface area contributed by atoms with Crippen LogP contribution in [0.4, 0.5) is 10.1 Å². The molecule has 0 bridgehead atoms. The van der Waals surface area contributed by atoms with Gasteiger partial charge in [-0.15, -0.1) is 0 Å². The number of hydrogen-bond donors (Lipinski definition) is 2. The number of halogens is 1. The molecule has 1 heterocycles. The zero-order chi connectivity index (χ0) is 18.5. The average molecular weight is 382 g/mol. The highest BCUT2D eigenvalue weighted by molar-refractivity contribution is 7.92. The van der Waals surface area contributed by atoms with Crippen molar-refractivity contribution >= 4 is 21.8 Å². The van der Waals surface area contributed by atoms with Crippen LogP contribution in [0.3, 0.4) is 0 Å². The van der Waals surface area contributed by atoms with Gasteiger partial charge >= 0.3 is 10.2 Å². The predicted octanol–water partition coefficient (Wildman–Crippen LogP) is 2.40. The number of hydrogen-bond acceptors (Lipinski definition) is 4. The fraction of sp³-hybridized carbons (Fsp3) is 0.611. The van der Waals surface area contributed by atoms with Crippen LogP contribution in [-0.4, -0.2) is 26.0 Å². The van der Waals surface area contributed by atoms with Crippen molar-refractivity contribution < 1.29 is 22.7 Å². The first kappa shape index (κ1) is 17.6. The lowest BCUT2D eigenvalue weighted by molar-refractivity contribution is -0.117. The maximum absolute atomic E-state index is 15.2.